The molecule has 0 saturated heterocycles. The smallest absolute Gasteiger partial charge is 0.251 e. The van der Waals surface area contributed by atoms with Gasteiger partial charge in [0.1, 0.15) is 6.61 Å². The number of anilines is 1. The zero-order valence-electron chi connectivity index (χ0n) is 16.9. The van der Waals surface area contributed by atoms with Crippen LogP contribution < -0.4 is 20.1 Å². The minimum atomic E-state index is -0.395. The number of benzene rings is 2. The highest BCUT2D eigenvalue weighted by Gasteiger charge is 2.13. The highest BCUT2D eigenvalue weighted by atomic mass is 35.5. The first-order chi connectivity index (χ1) is 15.0. The van der Waals surface area contributed by atoms with Crippen LogP contribution in [0.25, 0.3) is 0 Å². The van der Waals surface area contributed by atoms with Gasteiger partial charge in [0.15, 0.2) is 11.5 Å². The molecule has 0 aliphatic carbocycles. The topological polar surface area (TPSA) is 89.5 Å². The number of hydrogen-bond donors (Lipinski definition) is 2. The van der Waals surface area contributed by atoms with E-state index in [1.165, 1.54) is 0 Å². The molecule has 2 amide bonds. The molecule has 1 heterocycles. The van der Waals surface area contributed by atoms with E-state index in [9.17, 15) is 9.59 Å². The molecule has 2 N–H and O–H groups in total. The lowest BCUT2D eigenvalue weighted by atomic mass is 10.2. The molecule has 0 bridgehead atoms. The molecule has 160 valence electrons. The van der Waals surface area contributed by atoms with Crippen LogP contribution in [0, 0.1) is 0 Å². The van der Waals surface area contributed by atoms with E-state index in [0.29, 0.717) is 41.0 Å². The molecule has 0 spiro atoms. The molecule has 0 fully saturated rings. The number of halogens is 1. The number of pyridine rings is 1. The molecular weight excluding hydrogens is 418 g/mol. The number of nitrogens with zero attached hydrogens (tertiary/aromatic N) is 1. The van der Waals surface area contributed by atoms with Gasteiger partial charge in [-0.15, -0.1) is 0 Å². The van der Waals surface area contributed by atoms with Crippen molar-refractivity contribution in [3.05, 3.63) is 83.1 Å². The first kappa shape index (κ1) is 22.1. The summed E-state index contributed by atoms with van der Waals surface area (Å²) in [5, 5.41) is 5.86. The number of carbonyl (C=O) groups excluding carboxylic acids is 2. The van der Waals surface area contributed by atoms with Gasteiger partial charge < -0.3 is 20.1 Å². The van der Waals surface area contributed by atoms with Gasteiger partial charge in [0, 0.05) is 28.7 Å². The lowest BCUT2D eigenvalue weighted by Gasteiger charge is -2.13. The maximum Gasteiger partial charge on any atom is 0.251 e. The Hall–Kier alpha value is -3.58. The van der Waals surface area contributed by atoms with E-state index in [1.807, 2.05) is 19.1 Å². The maximum atomic E-state index is 12.5. The van der Waals surface area contributed by atoms with Crippen molar-refractivity contribution in [3.63, 3.8) is 0 Å². The predicted molar refractivity (Wildman–Crippen MR) is 119 cm³/mol. The summed E-state index contributed by atoms with van der Waals surface area (Å²) in [5.74, 6) is 0.233. The van der Waals surface area contributed by atoms with Crippen molar-refractivity contribution >= 4 is 29.1 Å². The molecule has 31 heavy (non-hydrogen) atoms. The first-order valence-corrected chi connectivity index (χ1v) is 10.0. The highest BCUT2D eigenvalue weighted by Crippen LogP contribution is 2.29. The van der Waals surface area contributed by atoms with Crippen LogP contribution >= 0.6 is 11.6 Å². The van der Waals surface area contributed by atoms with Crippen LogP contribution in [0.1, 0.15) is 22.8 Å². The predicted octanol–water partition coefficient (Wildman–Crippen LogP) is 4.08. The van der Waals surface area contributed by atoms with E-state index < -0.39 is 5.91 Å². The Kier molecular flexibility index (Phi) is 7.84. The van der Waals surface area contributed by atoms with Gasteiger partial charge in [0.25, 0.3) is 5.91 Å². The summed E-state index contributed by atoms with van der Waals surface area (Å²) in [6, 6.07) is 15.3. The lowest BCUT2D eigenvalue weighted by Crippen LogP contribution is -2.32. The van der Waals surface area contributed by atoms with Crippen LogP contribution in [-0.2, 0) is 11.4 Å². The average Bonchev–Trinajstić information content (AvgIpc) is 2.79. The van der Waals surface area contributed by atoms with E-state index in [0.717, 1.165) is 5.56 Å². The van der Waals surface area contributed by atoms with Crippen LogP contribution in [0.15, 0.2) is 67.0 Å². The second kappa shape index (κ2) is 11.0. The van der Waals surface area contributed by atoms with Crippen molar-refractivity contribution in [2.75, 3.05) is 18.5 Å². The van der Waals surface area contributed by atoms with E-state index in [1.54, 1.807) is 54.9 Å². The SMILES string of the molecule is CCOc1cc(C(=O)NCC(=O)Nc2ccc(Cl)cc2)ccc1OCc1ccncc1. The third-order valence-corrected chi connectivity index (χ3v) is 4.44. The summed E-state index contributed by atoms with van der Waals surface area (Å²) in [5.41, 5.74) is 1.92. The minimum Gasteiger partial charge on any atom is -0.490 e. The fraction of sp³-hybridized carbons (Fsp3) is 0.174. The molecule has 0 atom stereocenters. The van der Waals surface area contributed by atoms with Crippen molar-refractivity contribution in [1.29, 1.82) is 0 Å². The Morgan fingerprint density at radius 1 is 0.968 bits per heavy atom. The van der Waals surface area contributed by atoms with Crippen molar-refractivity contribution in [1.82, 2.24) is 10.3 Å². The summed E-state index contributed by atoms with van der Waals surface area (Å²) in [6.07, 6.45) is 3.39. The summed E-state index contributed by atoms with van der Waals surface area (Å²) < 4.78 is 11.4. The standard InChI is InChI=1S/C23H22ClN3O4/c1-2-30-21-13-17(3-8-20(21)31-15-16-9-11-25-12-10-16)23(29)26-14-22(28)27-19-6-4-18(24)5-7-19/h3-13H,2,14-15H2,1H3,(H,26,29)(H,27,28). The number of ether oxygens (including phenoxy) is 2. The molecule has 1 aromatic heterocycles. The van der Waals surface area contributed by atoms with Gasteiger partial charge >= 0.3 is 0 Å². The summed E-state index contributed by atoms with van der Waals surface area (Å²) in [7, 11) is 0. The van der Waals surface area contributed by atoms with Gasteiger partial charge in [-0.25, -0.2) is 0 Å². The van der Waals surface area contributed by atoms with Gasteiger partial charge in [-0.3, -0.25) is 14.6 Å². The molecule has 0 radical (unpaired) electrons. The zero-order chi connectivity index (χ0) is 22.1. The van der Waals surface area contributed by atoms with Crippen molar-refractivity contribution in [2.45, 2.75) is 13.5 Å². The van der Waals surface area contributed by atoms with Crippen LogP contribution in [0.3, 0.4) is 0 Å². The fourth-order valence-electron chi connectivity index (χ4n) is 2.68. The Bertz CT molecular complexity index is 1030. The average molecular weight is 440 g/mol. The highest BCUT2D eigenvalue weighted by molar-refractivity contribution is 6.30. The van der Waals surface area contributed by atoms with E-state index in [-0.39, 0.29) is 12.5 Å². The van der Waals surface area contributed by atoms with Crippen LogP contribution in [0.2, 0.25) is 5.02 Å². The Morgan fingerprint density at radius 2 is 1.71 bits per heavy atom. The molecule has 7 nitrogen and oxygen atoms in total. The minimum absolute atomic E-state index is 0.175. The molecule has 8 heteroatoms. The lowest BCUT2D eigenvalue weighted by molar-refractivity contribution is -0.115. The number of rotatable bonds is 9. The number of hydrogen-bond acceptors (Lipinski definition) is 5. The van der Waals surface area contributed by atoms with Crippen molar-refractivity contribution in [2.24, 2.45) is 0 Å². The Labute approximate surface area is 185 Å². The monoisotopic (exact) mass is 439 g/mol. The summed E-state index contributed by atoms with van der Waals surface area (Å²) >= 11 is 5.82. The number of carbonyl (C=O) groups is 2. The van der Waals surface area contributed by atoms with E-state index in [4.69, 9.17) is 21.1 Å². The van der Waals surface area contributed by atoms with E-state index in [2.05, 4.69) is 15.6 Å². The van der Waals surface area contributed by atoms with Gasteiger partial charge in [-0.05, 0) is 67.1 Å². The van der Waals surface area contributed by atoms with Crippen LogP contribution in [-0.4, -0.2) is 29.9 Å². The molecule has 3 rings (SSSR count). The molecular formula is C23H22ClN3O4. The molecule has 0 aliphatic rings. The first-order valence-electron chi connectivity index (χ1n) is 9.67. The Balaban J connectivity index is 1.59. The van der Waals surface area contributed by atoms with Crippen LogP contribution in [0.5, 0.6) is 11.5 Å². The fourth-order valence-corrected chi connectivity index (χ4v) is 2.80. The van der Waals surface area contributed by atoms with Gasteiger partial charge in [0.2, 0.25) is 5.91 Å². The molecule has 0 aliphatic heterocycles. The van der Waals surface area contributed by atoms with Gasteiger partial charge in [-0.2, -0.15) is 0 Å². The number of amides is 2. The third kappa shape index (κ3) is 6.72. The van der Waals surface area contributed by atoms with Crippen molar-refractivity contribution < 1.29 is 19.1 Å². The van der Waals surface area contributed by atoms with Crippen molar-refractivity contribution in [3.8, 4) is 11.5 Å². The normalized spacial score (nSPS) is 10.3. The molecule has 3 aromatic rings. The third-order valence-electron chi connectivity index (χ3n) is 4.19. The van der Waals surface area contributed by atoms with Gasteiger partial charge in [-0.1, -0.05) is 11.6 Å². The maximum absolute atomic E-state index is 12.5. The second-order valence-corrected chi connectivity index (χ2v) is 6.91. The van der Waals surface area contributed by atoms with Gasteiger partial charge in [0.05, 0.1) is 13.2 Å². The molecule has 0 unspecified atom stereocenters. The molecule has 2 aromatic carbocycles. The Morgan fingerprint density at radius 3 is 2.42 bits per heavy atom. The quantitative estimate of drug-likeness (QED) is 0.524. The summed E-state index contributed by atoms with van der Waals surface area (Å²) in [4.78, 5) is 28.5. The van der Waals surface area contributed by atoms with E-state index >= 15 is 0 Å². The second-order valence-electron chi connectivity index (χ2n) is 6.48. The van der Waals surface area contributed by atoms with Crippen LogP contribution in [0.4, 0.5) is 5.69 Å². The zero-order valence-corrected chi connectivity index (χ0v) is 17.7. The molecule has 0 saturated carbocycles. The summed E-state index contributed by atoms with van der Waals surface area (Å²) in [6.45, 7) is 2.44. The number of aromatic nitrogens is 1. The number of nitrogens with one attached hydrogen (secondary N) is 2. The largest absolute Gasteiger partial charge is 0.490 e.